The van der Waals surface area contributed by atoms with Crippen molar-refractivity contribution >= 4 is 0 Å². The molecule has 2 aliphatic heterocycles. The third-order valence-corrected chi connectivity index (χ3v) is 6.74. The van der Waals surface area contributed by atoms with Gasteiger partial charge in [-0.2, -0.15) is 0 Å². The second-order valence-electron chi connectivity index (χ2n) is 9.02. The van der Waals surface area contributed by atoms with Crippen LogP contribution in [0.3, 0.4) is 0 Å². The van der Waals surface area contributed by atoms with Crippen molar-refractivity contribution in [1.29, 1.82) is 0 Å². The summed E-state index contributed by atoms with van der Waals surface area (Å²) < 4.78 is 2.10. The van der Waals surface area contributed by atoms with Crippen LogP contribution in [0.4, 0.5) is 0 Å². The third kappa shape index (κ3) is 3.05. The third-order valence-electron chi connectivity index (χ3n) is 6.74. The highest BCUT2D eigenvalue weighted by Gasteiger charge is 2.38. The fraction of sp³-hybridized carbons (Fsp3) is 0.522. The van der Waals surface area contributed by atoms with E-state index >= 15 is 0 Å². The molecule has 0 saturated carbocycles. The van der Waals surface area contributed by atoms with Crippen LogP contribution in [-0.2, 0) is 25.9 Å². The molecule has 0 radical (unpaired) electrons. The molecule has 4 heteroatoms. The molecule has 0 spiro atoms. The van der Waals surface area contributed by atoms with Crippen LogP contribution >= 0.6 is 0 Å². The number of piperidine rings is 1. The first kappa shape index (κ1) is 17.2. The molecular weight excluding hydrogens is 334 g/mol. The second kappa shape index (κ2) is 6.61. The van der Waals surface area contributed by atoms with E-state index in [1.165, 1.54) is 36.1 Å². The molecule has 1 saturated heterocycles. The highest BCUT2D eigenvalue weighted by atomic mass is 16.1. The van der Waals surface area contributed by atoms with Crippen molar-refractivity contribution < 1.29 is 0 Å². The lowest BCUT2D eigenvalue weighted by molar-refractivity contribution is 0.0845. The number of rotatable bonds is 3. The molecule has 2 atom stereocenters. The fourth-order valence-corrected chi connectivity index (χ4v) is 5.58. The van der Waals surface area contributed by atoms with Gasteiger partial charge in [-0.05, 0) is 56.5 Å². The van der Waals surface area contributed by atoms with Gasteiger partial charge in [0, 0.05) is 49.4 Å². The van der Waals surface area contributed by atoms with Crippen LogP contribution in [0, 0.1) is 5.92 Å². The van der Waals surface area contributed by atoms with Crippen molar-refractivity contribution in [2.45, 2.75) is 44.3 Å². The van der Waals surface area contributed by atoms with E-state index < -0.39 is 0 Å². The molecule has 3 aliphatic rings. The number of nitrogens with zero attached hydrogens (tertiary/aromatic N) is 3. The Bertz CT molecular complexity index is 891. The van der Waals surface area contributed by atoms with E-state index in [9.17, 15) is 4.79 Å². The SMILES string of the molecule is CN(C)Cc1ccc2n(c1=O)C[C@H]1C[C@@H]2CN(C2Cc3ccccc3C2)C1. The number of benzene rings is 1. The average molecular weight is 364 g/mol. The highest BCUT2D eigenvalue weighted by molar-refractivity contribution is 5.33. The van der Waals surface area contributed by atoms with Crippen LogP contribution in [0.2, 0.25) is 0 Å². The van der Waals surface area contributed by atoms with Crippen LogP contribution in [0.15, 0.2) is 41.2 Å². The number of fused-ring (bicyclic) bond motifs is 5. The summed E-state index contributed by atoms with van der Waals surface area (Å²) >= 11 is 0. The van der Waals surface area contributed by atoms with Crippen molar-refractivity contribution in [1.82, 2.24) is 14.4 Å². The Hall–Kier alpha value is -1.91. The standard InChI is InChI=1S/C23H29N3O/c1-24(2)14-19-7-8-22-20-9-16(13-26(22)23(19)27)12-25(15-20)21-10-17-5-3-4-6-18(17)11-21/h3-8,16,20-21H,9-15H2,1-2H3/t16-,20+/m0/s1. The summed E-state index contributed by atoms with van der Waals surface area (Å²) in [4.78, 5) is 17.8. The molecule has 2 bridgehead atoms. The number of hydrogen-bond donors (Lipinski definition) is 0. The summed E-state index contributed by atoms with van der Waals surface area (Å²) in [6.45, 7) is 3.85. The molecule has 27 heavy (non-hydrogen) atoms. The first-order valence-corrected chi connectivity index (χ1v) is 10.3. The molecule has 2 aromatic rings. The van der Waals surface area contributed by atoms with Gasteiger partial charge in [0.25, 0.3) is 5.56 Å². The minimum Gasteiger partial charge on any atom is -0.312 e. The monoisotopic (exact) mass is 363 g/mol. The Morgan fingerprint density at radius 2 is 1.74 bits per heavy atom. The Morgan fingerprint density at radius 3 is 2.44 bits per heavy atom. The van der Waals surface area contributed by atoms with E-state index in [0.717, 1.165) is 31.7 Å². The summed E-state index contributed by atoms with van der Waals surface area (Å²) in [6.07, 6.45) is 3.61. The first-order valence-electron chi connectivity index (χ1n) is 10.3. The molecule has 1 fully saturated rings. The summed E-state index contributed by atoms with van der Waals surface area (Å²) in [5.41, 5.74) is 5.48. The van der Waals surface area contributed by atoms with Gasteiger partial charge in [-0.15, -0.1) is 0 Å². The van der Waals surface area contributed by atoms with Crippen LogP contribution in [0.5, 0.6) is 0 Å². The Balaban J connectivity index is 1.39. The van der Waals surface area contributed by atoms with E-state index in [2.05, 4.69) is 50.8 Å². The maximum atomic E-state index is 13.0. The first-order chi connectivity index (χ1) is 13.1. The zero-order valence-corrected chi connectivity index (χ0v) is 16.4. The van der Waals surface area contributed by atoms with Crippen LogP contribution in [-0.4, -0.2) is 47.6 Å². The topological polar surface area (TPSA) is 28.5 Å². The smallest absolute Gasteiger partial charge is 0.255 e. The fourth-order valence-electron chi connectivity index (χ4n) is 5.58. The molecule has 1 aromatic heterocycles. The lowest BCUT2D eigenvalue weighted by Crippen LogP contribution is -2.51. The van der Waals surface area contributed by atoms with Crippen LogP contribution < -0.4 is 5.56 Å². The van der Waals surface area contributed by atoms with E-state index in [1.54, 1.807) is 0 Å². The van der Waals surface area contributed by atoms with E-state index in [0.29, 0.717) is 17.9 Å². The average Bonchev–Trinajstić information content (AvgIpc) is 3.08. The van der Waals surface area contributed by atoms with E-state index in [1.807, 2.05) is 14.1 Å². The lowest BCUT2D eigenvalue weighted by Gasteiger charge is -2.45. The minimum atomic E-state index is 0.234. The number of pyridine rings is 1. The van der Waals surface area contributed by atoms with Gasteiger partial charge in [-0.25, -0.2) is 0 Å². The van der Waals surface area contributed by atoms with Gasteiger partial charge in [-0.3, -0.25) is 9.69 Å². The second-order valence-corrected chi connectivity index (χ2v) is 9.02. The zero-order valence-electron chi connectivity index (χ0n) is 16.4. The molecular formula is C23H29N3O. The summed E-state index contributed by atoms with van der Waals surface area (Å²) in [7, 11) is 4.05. The van der Waals surface area contributed by atoms with E-state index in [4.69, 9.17) is 0 Å². The predicted octanol–water partition coefficient (Wildman–Crippen LogP) is 2.50. The van der Waals surface area contributed by atoms with Crippen molar-refractivity contribution in [3.05, 3.63) is 69.1 Å². The van der Waals surface area contributed by atoms with Gasteiger partial charge in [0.05, 0.1) is 0 Å². The summed E-state index contributed by atoms with van der Waals surface area (Å²) in [5.74, 6) is 1.11. The van der Waals surface area contributed by atoms with Crippen molar-refractivity contribution in [3.8, 4) is 0 Å². The van der Waals surface area contributed by atoms with Crippen LogP contribution in [0.1, 0.15) is 34.7 Å². The summed E-state index contributed by atoms with van der Waals surface area (Å²) in [6, 6.07) is 13.9. The van der Waals surface area contributed by atoms with Gasteiger partial charge in [-0.1, -0.05) is 30.3 Å². The molecule has 0 unspecified atom stereocenters. The number of aromatic nitrogens is 1. The quantitative estimate of drug-likeness (QED) is 0.839. The van der Waals surface area contributed by atoms with Crippen molar-refractivity contribution in [2.24, 2.45) is 5.92 Å². The lowest BCUT2D eigenvalue weighted by atomic mass is 9.82. The van der Waals surface area contributed by atoms with Gasteiger partial charge in [0.15, 0.2) is 0 Å². The number of likely N-dealkylation sites (tertiary alicyclic amines) is 1. The van der Waals surface area contributed by atoms with Gasteiger partial charge < -0.3 is 9.47 Å². The normalized spacial score (nSPS) is 24.9. The molecule has 142 valence electrons. The zero-order chi connectivity index (χ0) is 18.5. The predicted molar refractivity (Wildman–Crippen MR) is 108 cm³/mol. The molecule has 4 nitrogen and oxygen atoms in total. The highest BCUT2D eigenvalue weighted by Crippen LogP contribution is 2.38. The Labute approximate surface area is 161 Å². The van der Waals surface area contributed by atoms with Crippen molar-refractivity contribution in [2.75, 3.05) is 27.2 Å². The molecule has 3 heterocycles. The maximum Gasteiger partial charge on any atom is 0.255 e. The molecule has 5 rings (SSSR count). The van der Waals surface area contributed by atoms with Crippen molar-refractivity contribution in [3.63, 3.8) is 0 Å². The largest absolute Gasteiger partial charge is 0.312 e. The maximum absolute atomic E-state index is 13.0. The molecule has 1 aliphatic carbocycles. The van der Waals surface area contributed by atoms with Gasteiger partial charge in [0.1, 0.15) is 0 Å². The van der Waals surface area contributed by atoms with Gasteiger partial charge in [0.2, 0.25) is 0 Å². The summed E-state index contributed by atoms with van der Waals surface area (Å²) in [5, 5.41) is 0. The Kier molecular flexibility index (Phi) is 4.21. The van der Waals surface area contributed by atoms with E-state index in [-0.39, 0.29) is 5.56 Å². The molecule has 0 N–H and O–H groups in total. The minimum absolute atomic E-state index is 0.234. The molecule has 0 amide bonds. The van der Waals surface area contributed by atoms with Gasteiger partial charge >= 0.3 is 0 Å². The molecule has 1 aromatic carbocycles. The Morgan fingerprint density at radius 1 is 1.00 bits per heavy atom. The number of hydrogen-bond acceptors (Lipinski definition) is 3. The van der Waals surface area contributed by atoms with Crippen LogP contribution in [0.25, 0.3) is 0 Å².